The van der Waals surface area contributed by atoms with Gasteiger partial charge in [0.1, 0.15) is 6.04 Å². The first-order valence-electron chi connectivity index (χ1n) is 7.72. The van der Waals surface area contributed by atoms with Crippen LogP contribution in [0.1, 0.15) is 12.8 Å². The number of nitrogens with zero attached hydrogens (tertiary/aromatic N) is 1. The van der Waals surface area contributed by atoms with Crippen molar-refractivity contribution in [1.82, 2.24) is 4.31 Å². The molecular weight excluding hydrogens is 383 g/mol. The largest absolute Gasteiger partial charge is 0.323 e. The zero-order valence-corrected chi connectivity index (χ0v) is 15.5. The highest BCUT2D eigenvalue weighted by Gasteiger charge is 2.39. The molecule has 5 nitrogen and oxygen atoms in total. The Morgan fingerprint density at radius 1 is 1.08 bits per heavy atom. The molecule has 1 heterocycles. The lowest BCUT2D eigenvalue weighted by atomic mass is 10.2. The van der Waals surface area contributed by atoms with Gasteiger partial charge in [0, 0.05) is 11.6 Å². The number of benzene rings is 2. The zero-order chi connectivity index (χ0) is 18.0. The molecule has 132 valence electrons. The van der Waals surface area contributed by atoms with Crippen LogP contribution in [-0.4, -0.2) is 31.2 Å². The number of anilines is 1. The second-order valence-corrected chi connectivity index (χ2v) is 8.43. The maximum Gasteiger partial charge on any atom is 0.243 e. The Balaban J connectivity index is 1.83. The SMILES string of the molecule is O=C(Nc1ccccc1Cl)C1CCCN1S(=O)(=O)c1ccc(Cl)cc1. The highest BCUT2D eigenvalue weighted by atomic mass is 35.5. The first kappa shape index (κ1) is 18.2. The maximum absolute atomic E-state index is 12.9. The molecule has 1 aliphatic heterocycles. The first-order chi connectivity index (χ1) is 11.9. The number of sulfonamides is 1. The number of amides is 1. The summed E-state index contributed by atoms with van der Waals surface area (Å²) in [5.41, 5.74) is 0.463. The van der Waals surface area contributed by atoms with Crippen LogP contribution >= 0.6 is 23.2 Å². The normalized spacial score (nSPS) is 18.2. The van der Waals surface area contributed by atoms with E-state index in [0.29, 0.717) is 35.1 Å². The molecular formula is C17H16Cl2N2O3S. The lowest BCUT2D eigenvalue weighted by Crippen LogP contribution is -2.43. The predicted octanol–water partition coefficient (Wildman–Crippen LogP) is 3.79. The van der Waals surface area contributed by atoms with Crippen molar-refractivity contribution in [2.24, 2.45) is 0 Å². The Morgan fingerprint density at radius 3 is 2.44 bits per heavy atom. The Kier molecular flexibility index (Phi) is 5.34. The molecule has 1 saturated heterocycles. The Labute approximate surface area is 156 Å². The Hall–Kier alpha value is -1.60. The summed E-state index contributed by atoms with van der Waals surface area (Å²) in [6.07, 6.45) is 1.08. The van der Waals surface area contributed by atoms with Crippen molar-refractivity contribution in [2.45, 2.75) is 23.8 Å². The Morgan fingerprint density at radius 2 is 1.76 bits per heavy atom. The fraction of sp³-hybridized carbons (Fsp3) is 0.235. The number of rotatable bonds is 4. The minimum Gasteiger partial charge on any atom is -0.323 e. The van der Waals surface area contributed by atoms with Gasteiger partial charge in [0.15, 0.2) is 0 Å². The third-order valence-electron chi connectivity index (χ3n) is 4.06. The van der Waals surface area contributed by atoms with Crippen LogP contribution in [0.4, 0.5) is 5.69 Å². The van der Waals surface area contributed by atoms with Gasteiger partial charge in [-0.05, 0) is 49.2 Å². The topological polar surface area (TPSA) is 66.5 Å². The molecule has 1 aliphatic rings. The highest BCUT2D eigenvalue weighted by Crippen LogP contribution is 2.28. The van der Waals surface area contributed by atoms with E-state index in [4.69, 9.17) is 23.2 Å². The molecule has 25 heavy (non-hydrogen) atoms. The number of nitrogens with one attached hydrogen (secondary N) is 1. The number of hydrogen-bond donors (Lipinski definition) is 1. The van der Waals surface area contributed by atoms with Crippen LogP contribution in [0.25, 0.3) is 0 Å². The summed E-state index contributed by atoms with van der Waals surface area (Å²) < 4.78 is 27.0. The van der Waals surface area contributed by atoms with E-state index in [9.17, 15) is 13.2 Å². The molecule has 0 spiro atoms. The van der Waals surface area contributed by atoms with E-state index >= 15 is 0 Å². The third kappa shape index (κ3) is 3.82. The number of carbonyl (C=O) groups is 1. The maximum atomic E-state index is 12.9. The fourth-order valence-corrected chi connectivity index (χ4v) is 4.78. The molecule has 2 aromatic rings. The van der Waals surface area contributed by atoms with E-state index < -0.39 is 16.1 Å². The quantitative estimate of drug-likeness (QED) is 0.851. The minimum absolute atomic E-state index is 0.120. The van der Waals surface area contributed by atoms with Gasteiger partial charge in [0.25, 0.3) is 0 Å². The molecule has 8 heteroatoms. The number of carbonyl (C=O) groups excluding carboxylic acids is 1. The van der Waals surface area contributed by atoms with Gasteiger partial charge in [0.2, 0.25) is 15.9 Å². The smallest absolute Gasteiger partial charge is 0.243 e. The molecule has 1 atom stereocenters. The molecule has 1 amide bonds. The van der Waals surface area contributed by atoms with Gasteiger partial charge in [-0.3, -0.25) is 4.79 Å². The van der Waals surface area contributed by atoms with Crippen LogP contribution in [0.15, 0.2) is 53.4 Å². The highest BCUT2D eigenvalue weighted by molar-refractivity contribution is 7.89. The van der Waals surface area contributed by atoms with Crippen molar-refractivity contribution in [3.05, 3.63) is 58.6 Å². The molecule has 2 aromatic carbocycles. The molecule has 0 radical (unpaired) electrons. The number of hydrogen-bond acceptors (Lipinski definition) is 3. The molecule has 1 N–H and O–H groups in total. The van der Waals surface area contributed by atoms with Gasteiger partial charge in [-0.2, -0.15) is 4.31 Å². The van der Waals surface area contributed by atoms with Crippen LogP contribution in [-0.2, 0) is 14.8 Å². The summed E-state index contributed by atoms with van der Waals surface area (Å²) in [5, 5.41) is 3.57. The first-order valence-corrected chi connectivity index (χ1v) is 9.92. The summed E-state index contributed by atoms with van der Waals surface area (Å²) in [4.78, 5) is 12.7. The van der Waals surface area contributed by atoms with Gasteiger partial charge in [-0.15, -0.1) is 0 Å². The monoisotopic (exact) mass is 398 g/mol. The van der Waals surface area contributed by atoms with Crippen molar-refractivity contribution < 1.29 is 13.2 Å². The minimum atomic E-state index is -3.77. The van der Waals surface area contributed by atoms with Crippen molar-refractivity contribution >= 4 is 44.8 Å². The molecule has 0 saturated carbocycles. The third-order valence-corrected chi connectivity index (χ3v) is 6.56. The predicted molar refractivity (Wildman–Crippen MR) is 98.4 cm³/mol. The molecule has 0 aliphatic carbocycles. The lowest BCUT2D eigenvalue weighted by Gasteiger charge is -2.23. The fourth-order valence-electron chi connectivity index (χ4n) is 2.81. The van der Waals surface area contributed by atoms with Crippen LogP contribution in [0, 0.1) is 0 Å². The standard InChI is InChI=1S/C17H16Cl2N2O3S/c18-12-7-9-13(10-8-12)25(23,24)21-11-3-6-16(21)17(22)20-15-5-2-1-4-14(15)19/h1-2,4-5,7-10,16H,3,6,11H2,(H,20,22). The van der Waals surface area contributed by atoms with E-state index in [-0.39, 0.29) is 10.8 Å². The van der Waals surface area contributed by atoms with Crippen LogP contribution < -0.4 is 5.32 Å². The van der Waals surface area contributed by atoms with Crippen molar-refractivity contribution in [1.29, 1.82) is 0 Å². The Bertz CT molecular complexity index is 885. The number of halogens is 2. The van der Waals surface area contributed by atoms with Gasteiger partial charge in [-0.25, -0.2) is 8.42 Å². The van der Waals surface area contributed by atoms with Gasteiger partial charge in [-0.1, -0.05) is 35.3 Å². The van der Waals surface area contributed by atoms with E-state index in [1.54, 1.807) is 24.3 Å². The van der Waals surface area contributed by atoms with Crippen LogP contribution in [0.2, 0.25) is 10.0 Å². The molecule has 0 aromatic heterocycles. The molecule has 3 rings (SSSR count). The summed E-state index contributed by atoms with van der Waals surface area (Å²) in [6.45, 7) is 0.297. The second-order valence-electron chi connectivity index (χ2n) is 5.70. The van der Waals surface area contributed by atoms with Gasteiger partial charge < -0.3 is 5.32 Å². The van der Waals surface area contributed by atoms with Crippen molar-refractivity contribution in [3.8, 4) is 0 Å². The van der Waals surface area contributed by atoms with Crippen LogP contribution in [0.3, 0.4) is 0 Å². The van der Waals surface area contributed by atoms with E-state index in [2.05, 4.69) is 5.32 Å². The summed E-state index contributed by atoms with van der Waals surface area (Å²) in [6, 6.07) is 12.0. The van der Waals surface area contributed by atoms with Crippen molar-refractivity contribution in [2.75, 3.05) is 11.9 Å². The van der Waals surface area contributed by atoms with Crippen LogP contribution in [0.5, 0.6) is 0 Å². The van der Waals surface area contributed by atoms with E-state index in [0.717, 1.165) is 0 Å². The van der Waals surface area contributed by atoms with Gasteiger partial charge in [0.05, 0.1) is 15.6 Å². The molecule has 1 fully saturated rings. The van der Waals surface area contributed by atoms with E-state index in [1.165, 1.54) is 28.6 Å². The molecule has 1 unspecified atom stereocenters. The lowest BCUT2D eigenvalue weighted by molar-refractivity contribution is -0.119. The average molecular weight is 399 g/mol. The molecule has 0 bridgehead atoms. The summed E-state index contributed by atoms with van der Waals surface area (Å²) >= 11 is 11.9. The summed E-state index contributed by atoms with van der Waals surface area (Å²) in [7, 11) is -3.77. The van der Waals surface area contributed by atoms with Crippen molar-refractivity contribution in [3.63, 3.8) is 0 Å². The zero-order valence-electron chi connectivity index (χ0n) is 13.2. The second kappa shape index (κ2) is 7.33. The van der Waals surface area contributed by atoms with Gasteiger partial charge >= 0.3 is 0 Å². The average Bonchev–Trinajstić information content (AvgIpc) is 3.08. The number of para-hydroxylation sites is 1. The summed E-state index contributed by atoms with van der Waals surface area (Å²) in [5.74, 6) is -0.386. The van der Waals surface area contributed by atoms with E-state index in [1.807, 2.05) is 0 Å².